The van der Waals surface area contributed by atoms with Crippen molar-refractivity contribution in [3.8, 4) is 5.75 Å². The first-order valence-electron chi connectivity index (χ1n) is 9.42. The predicted octanol–water partition coefficient (Wildman–Crippen LogP) is 2.79. The fourth-order valence-corrected chi connectivity index (χ4v) is 5.45. The second kappa shape index (κ2) is 8.66. The molecule has 1 aliphatic rings. The van der Waals surface area contributed by atoms with Gasteiger partial charge in [-0.1, -0.05) is 12.1 Å². The van der Waals surface area contributed by atoms with Crippen molar-refractivity contribution in [2.45, 2.75) is 11.3 Å². The number of anilines is 1. The van der Waals surface area contributed by atoms with Crippen LogP contribution in [-0.4, -0.2) is 55.4 Å². The quantitative estimate of drug-likeness (QED) is 0.577. The smallest absolute Gasteiger partial charge is 0.243 e. The lowest BCUT2D eigenvalue weighted by atomic mass is 10.1. The summed E-state index contributed by atoms with van der Waals surface area (Å²) in [4.78, 5) is 6.84. The topological polar surface area (TPSA) is 75.6 Å². The third kappa shape index (κ3) is 4.45. The van der Waals surface area contributed by atoms with Crippen molar-refractivity contribution in [2.24, 2.45) is 0 Å². The molecular formula is C20H21FN4O3S2. The molecule has 30 heavy (non-hydrogen) atoms. The van der Waals surface area contributed by atoms with E-state index in [1.165, 1.54) is 28.0 Å². The SMILES string of the molecule is COc1ccc(S(=O)(=O)N2CCN(c3nc(Cc4cccc(F)c4)ns3)CC2)cc1. The molecule has 1 saturated heterocycles. The zero-order valence-electron chi connectivity index (χ0n) is 16.4. The van der Waals surface area contributed by atoms with Crippen LogP contribution in [0.1, 0.15) is 11.4 Å². The Bertz CT molecular complexity index is 1110. The van der Waals surface area contributed by atoms with Gasteiger partial charge in [-0.3, -0.25) is 0 Å². The highest BCUT2D eigenvalue weighted by Gasteiger charge is 2.29. The van der Waals surface area contributed by atoms with Gasteiger partial charge in [-0.2, -0.15) is 8.68 Å². The van der Waals surface area contributed by atoms with Crippen molar-refractivity contribution in [1.82, 2.24) is 13.7 Å². The fourth-order valence-electron chi connectivity index (χ4n) is 3.29. The minimum absolute atomic E-state index is 0.255. The van der Waals surface area contributed by atoms with Crippen LogP contribution in [0.3, 0.4) is 0 Å². The standard InChI is InChI=1S/C20H21FN4O3S2/c1-28-17-5-7-18(8-6-17)30(26,27)25-11-9-24(10-12-25)20-22-19(23-29-20)14-15-3-2-4-16(21)13-15/h2-8,13H,9-12,14H2,1H3. The second-order valence-electron chi connectivity index (χ2n) is 6.87. The Morgan fingerprint density at radius 1 is 1.10 bits per heavy atom. The summed E-state index contributed by atoms with van der Waals surface area (Å²) in [5.41, 5.74) is 0.815. The highest BCUT2D eigenvalue weighted by atomic mass is 32.2. The number of nitrogens with zero attached hydrogens (tertiary/aromatic N) is 4. The van der Waals surface area contributed by atoms with E-state index >= 15 is 0 Å². The third-order valence-electron chi connectivity index (χ3n) is 4.92. The molecule has 0 N–H and O–H groups in total. The number of methoxy groups -OCH3 is 1. The number of piperazine rings is 1. The summed E-state index contributed by atoms with van der Waals surface area (Å²) in [5.74, 6) is 0.968. The van der Waals surface area contributed by atoms with Crippen LogP contribution in [0.5, 0.6) is 5.75 Å². The van der Waals surface area contributed by atoms with Gasteiger partial charge in [-0.25, -0.2) is 17.8 Å². The molecule has 1 aromatic heterocycles. The lowest BCUT2D eigenvalue weighted by Gasteiger charge is -2.33. The number of benzene rings is 2. The lowest BCUT2D eigenvalue weighted by Crippen LogP contribution is -2.48. The summed E-state index contributed by atoms with van der Waals surface area (Å²) in [6, 6.07) is 12.8. The molecule has 0 spiro atoms. The number of hydrogen-bond acceptors (Lipinski definition) is 7. The van der Waals surface area contributed by atoms with Gasteiger partial charge in [0.05, 0.1) is 12.0 Å². The van der Waals surface area contributed by atoms with Crippen molar-refractivity contribution < 1.29 is 17.5 Å². The van der Waals surface area contributed by atoms with Crippen LogP contribution in [0.15, 0.2) is 53.4 Å². The zero-order chi connectivity index (χ0) is 21.1. The van der Waals surface area contributed by atoms with E-state index < -0.39 is 10.0 Å². The number of hydrogen-bond donors (Lipinski definition) is 0. The number of ether oxygens (including phenoxy) is 1. The van der Waals surface area contributed by atoms with Crippen molar-refractivity contribution in [3.63, 3.8) is 0 Å². The highest BCUT2D eigenvalue weighted by molar-refractivity contribution is 7.89. The Morgan fingerprint density at radius 3 is 2.50 bits per heavy atom. The molecule has 0 saturated carbocycles. The molecule has 0 aliphatic carbocycles. The molecule has 4 rings (SSSR count). The predicted molar refractivity (Wildman–Crippen MR) is 113 cm³/mol. The van der Waals surface area contributed by atoms with E-state index in [4.69, 9.17) is 4.74 Å². The van der Waals surface area contributed by atoms with E-state index in [-0.39, 0.29) is 10.7 Å². The van der Waals surface area contributed by atoms with Crippen LogP contribution in [0, 0.1) is 5.82 Å². The molecule has 158 valence electrons. The monoisotopic (exact) mass is 448 g/mol. The van der Waals surface area contributed by atoms with Crippen LogP contribution >= 0.6 is 11.5 Å². The number of rotatable bonds is 6. The molecule has 7 nitrogen and oxygen atoms in total. The van der Waals surface area contributed by atoms with Gasteiger partial charge in [0.25, 0.3) is 0 Å². The Labute approximate surface area is 179 Å². The molecule has 1 fully saturated rings. The molecule has 0 bridgehead atoms. The van der Waals surface area contributed by atoms with Crippen LogP contribution in [-0.2, 0) is 16.4 Å². The van der Waals surface area contributed by atoms with Gasteiger partial charge < -0.3 is 9.64 Å². The first-order valence-corrected chi connectivity index (χ1v) is 11.6. The Morgan fingerprint density at radius 2 is 1.83 bits per heavy atom. The van der Waals surface area contributed by atoms with E-state index in [0.29, 0.717) is 44.2 Å². The zero-order valence-corrected chi connectivity index (χ0v) is 18.0. The average Bonchev–Trinajstić information content (AvgIpc) is 3.22. The van der Waals surface area contributed by atoms with Gasteiger partial charge in [-0.15, -0.1) is 0 Å². The van der Waals surface area contributed by atoms with Crippen LogP contribution in [0.25, 0.3) is 0 Å². The molecule has 3 aromatic rings. The van der Waals surface area contributed by atoms with Gasteiger partial charge in [0.2, 0.25) is 15.2 Å². The van der Waals surface area contributed by atoms with E-state index in [0.717, 1.165) is 10.7 Å². The molecule has 0 atom stereocenters. The maximum absolute atomic E-state index is 13.4. The molecular weight excluding hydrogens is 427 g/mol. The highest BCUT2D eigenvalue weighted by Crippen LogP contribution is 2.24. The van der Waals surface area contributed by atoms with E-state index in [1.54, 1.807) is 37.4 Å². The summed E-state index contributed by atoms with van der Waals surface area (Å²) in [6.07, 6.45) is 0.458. The number of halogens is 1. The summed E-state index contributed by atoms with van der Waals surface area (Å²) >= 11 is 1.28. The summed E-state index contributed by atoms with van der Waals surface area (Å²) in [7, 11) is -2.01. The third-order valence-corrected chi connectivity index (χ3v) is 7.64. The fraction of sp³-hybridized carbons (Fsp3) is 0.300. The van der Waals surface area contributed by atoms with E-state index in [9.17, 15) is 12.8 Å². The lowest BCUT2D eigenvalue weighted by molar-refractivity contribution is 0.384. The van der Waals surface area contributed by atoms with Gasteiger partial charge in [-0.05, 0) is 42.0 Å². The molecule has 0 unspecified atom stereocenters. The maximum Gasteiger partial charge on any atom is 0.243 e. The average molecular weight is 449 g/mol. The number of aromatic nitrogens is 2. The summed E-state index contributed by atoms with van der Waals surface area (Å²) in [5, 5.41) is 0.753. The minimum atomic E-state index is -3.55. The molecule has 1 aliphatic heterocycles. The Kier molecular flexibility index (Phi) is 5.98. The van der Waals surface area contributed by atoms with Crippen LogP contribution in [0.4, 0.5) is 9.52 Å². The molecule has 2 heterocycles. The minimum Gasteiger partial charge on any atom is -0.497 e. The van der Waals surface area contributed by atoms with Gasteiger partial charge in [0.15, 0.2) is 0 Å². The van der Waals surface area contributed by atoms with Crippen LogP contribution in [0.2, 0.25) is 0 Å². The van der Waals surface area contributed by atoms with Gasteiger partial charge in [0, 0.05) is 44.1 Å². The Balaban J connectivity index is 1.39. The normalized spacial score (nSPS) is 15.3. The van der Waals surface area contributed by atoms with E-state index in [1.807, 2.05) is 11.0 Å². The van der Waals surface area contributed by atoms with E-state index in [2.05, 4.69) is 9.36 Å². The molecule has 0 amide bonds. The maximum atomic E-state index is 13.4. The first-order chi connectivity index (χ1) is 14.5. The van der Waals surface area contributed by atoms with Crippen molar-refractivity contribution in [2.75, 3.05) is 38.2 Å². The number of sulfonamides is 1. The Hall–Kier alpha value is -2.56. The van der Waals surface area contributed by atoms with Crippen molar-refractivity contribution in [3.05, 3.63) is 65.7 Å². The second-order valence-corrected chi connectivity index (χ2v) is 9.53. The van der Waals surface area contributed by atoms with Crippen molar-refractivity contribution in [1.29, 1.82) is 0 Å². The van der Waals surface area contributed by atoms with Gasteiger partial charge >= 0.3 is 0 Å². The van der Waals surface area contributed by atoms with Crippen molar-refractivity contribution >= 4 is 26.7 Å². The molecule has 2 aromatic carbocycles. The largest absolute Gasteiger partial charge is 0.497 e. The van der Waals surface area contributed by atoms with Gasteiger partial charge in [0.1, 0.15) is 17.4 Å². The van der Waals surface area contributed by atoms with Crippen LogP contribution < -0.4 is 9.64 Å². The first kappa shape index (κ1) is 20.7. The summed E-state index contributed by atoms with van der Waals surface area (Å²) in [6.45, 7) is 1.80. The summed E-state index contributed by atoms with van der Waals surface area (Å²) < 4.78 is 50.1. The molecule has 0 radical (unpaired) electrons. The molecule has 10 heteroatoms.